The minimum absolute atomic E-state index is 0. The predicted octanol–water partition coefficient (Wildman–Crippen LogP) is 0.648. The van der Waals surface area contributed by atoms with Crippen LogP contribution in [0.5, 0.6) is 0 Å². The van der Waals surface area contributed by atoms with Crippen LogP contribution in [-0.4, -0.2) is 66.9 Å². The maximum Gasteiger partial charge on any atom is 0.268 e. The maximum atomic E-state index is 12.6. The average molecular weight is 566 g/mol. The van der Waals surface area contributed by atoms with Crippen LogP contribution in [0.2, 0.25) is 0 Å². The van der Waals surface area contributed by atoms with E-state index in [4.69, 9.17) is 15.1 Å². The van der Waals surface area contributed by atoms with Gasteiger partial charge >= 0.3 is 0 Å². The van der Waals surface area contributed by atoms with Crippen molar-refractivity contribution < 1.29 is 33.1 Å². The lowest BCUT2D eigenvalue weighted by molar-refractivity contribution is -0.140. The molecule has 172 valence electrons. The number of carbonyl (C=O) groups excluding carboxylic acids is 2. The van der Waals surface area contributed by atoms with Gasteiger partial charge in [-0.2, -0.15) is 0 Å². The lowest BCUT2D eigenvalue weighted by Crippen LogP contribution is -2.71. The van der Waals surface area contributed by atoms with E-state index in [-0.39, 0.29) is 42.8 Å². The molecule has 31 heavy (non-hydrogen) atoms. The van der Waals surface area contributed by atoms with Gasteiger partial charge in [-0.25, -0.2) is 13.9 Å². The van der Waals surface area contributed by atoms with Crippen molar-refractivity contribution in [3.8, 4) is 11.8 Å². The summed E-state index contributed by atoms with van der Waals surface area (Å²) in [7, 11) is -3.39. The van der Waals surface area contributed by atoms with Crippen LogP contribution in [0.15, 0.2) is 37.4 Å². The normalized spacial score (nSPS) is 15.8. The standard InChI is InChI=1S/C18H22N2O7S.C2H4.HI/c1-2-27-18(11-28(25,26)12-18)15(17(23)20-24)19-16(22)14-8-6-13(7-9-14)5-3-4-10-21;1-2;/h6-9,15,21,24H,2,4,10-12H2,1H3,(H,19,22)(H,20,23);1-2H2;1H. The third-order valence-corrected chi connectivity index (χ3v) is 6.01. The summed E-state index contributed by atoms with van der Waals surface area (Å²) in [6.07, 6.45) is 0.336. The number of rotatable bonds is 7. The van der Waals surface area contributed by atoms with Gasteiger partial charge in [0.05, 0.1) is 18.1 Å². The highest BCUT2D eigenvalue weighted by molar-refractivity contribution is 14.0. The Morgan fingerprint density at radius 1 is 1.26 bits per heavy atom. The van der Waals surface area contributed by atoms with Crippen molar-refractivity contribution in [3.05, 3.63) is 48.6 Å². The fourth-order valence-corrected chi connectivity index (χ4v) is 4.87. The number of ether oxygens (including phenoxy) is 1. The SMILES string of the molecule is C=C.CCOC1(C(NC(=O)c2ccc(C#CCCO)cc2)C(=O)NO)CS(=O)(=O)C1.I. The number of aliphatic hydroxyl groups is 1. The molecule has 1 unspecified atom stereocenters. The third-order valence-electron chi connectivity index (χ3n) is 4.15. The molecule has 9 nitrogen and oxygen atoms in total. The highest BCUT2D eigenvalue weighted by Crippen LogP contribution is 2.32. The molecule has 11 heteroatoms. The largest absolute Gasteiger partial charge is 0.395 e. The highest BCUT2D eigenvalue weighted by atomic mass is 127. The summed E-state index contributed by atoms with van der Waals surface area (Å²) in [6.45, 7) is 7.72. The average Bonchev–Trinajstić information content (AvgIpc) is 2.72. The first kappa shape index (κ1) is 29.0. The Morgan fingerprint density at radius 2 is 1.84 bits per heavy atom. The van der Waals surface area contributed by atoms with Crippen LogP contribution in [-0.2, 0) is 19.4 Å². The molecule has 1 fully saturated rings. The van der Waals surface area contributed by atoms with Crippen LogP contribution in [0.4, 0.5) is 0 Å². The second kappa shape index (κ2) is 13.4. The summed E-state index contributed by atoms with van der Waals surface area (Å²) >= 11 is 0. The van der Waals surface area contributed by atoms with Crippen molar-refractivity contribution in [2.75, 3.05) is 24.7 Å². The summed E-state index contributed by atoms with van der Waals surface area (Å²) in [5.41, 5.74) is 0.877. The van der Waals surface area contributed by atoms with Crippen LogP contribution in [0.1, 0.15) is 29.3 Å². The van der Waals surface area contributed by atoms with Gasteiger partial charge in [0.15, 0.2) is 9.84 Å². The first-order valence-electron chi connectivity index (χ1n) is 9.06. The Bertz CT molecular complexity index is 896. The van der Waals surface area contributed by atoms with E-state index in [0.29, 0.717) is 12.0 Å². The molecule has 0 saturated carbocycles. The van der Waals surface area contributed by atoms with Gasteiger partial charge in [-0.1, -0.05) is 11.8 Å². The molecule has 2 rings (SSSR count). The van der Waals surface area contributed by atoms with Crippen molar-refractivity contribution in [1.29, 1.82) is 0 Å². The molecule has 1 aliphatic rings. The Balaban J connectivity index is 0.00000291. The van der Waals surface area contributed by atoms with Gasteiger partial charge in [-0.15, -0.1) is 37.1 Å². The number of hydrogen-bond acceptors (Lipinski definition) is 7. The van der Waals surface area contributed by atoms with Crippen molar-refractivity contribution in [3.63, 3.8) is 0 Å². The van der Waals surface area contributed by atoms with Gasteiger partial charge in [0.2, 0.25) is 0 Å². The minimum Gasteiger partial charge on any atom is -0.395 e. The molecule has 1 aromatic carbocycles. The number of amides is 2. The van der Waals surface area contributed by atoms with E-state index in [1.54, 1.807) is 19.1 Å². The van der Waals surface area contributed by atoms with Crippen molar-refractivity contribution in [2.45, 2.75) is 25.0 Å². The van der Waals surface area contributed by atoms with Gasteiger partial charge in [-0.05, 0) is 31.2 Å². The smallest absolute Gasteiger partial charge is 0.268 e. The summed E-state index contributed by atoms with van der Waals surface area (Å²) in [5.74, 6) is 3.10. The summed E-state index contributed by atoms with van der Waals surface area (Å²) in [4.78, 5) is 24.7. The van der Waals surface area contributed by atoms with Crippen LogP contribution in [0.25, 0.3) is 0 Å². The molecule has 2 amide bonds. The van der Waals surface area contributed by atoms with Crippen LogP contribution in [0.3, 0.4) is 0 Å². The van der Waals surface area contributed by atoms with Crippen LogP contribution in [0, 0.1) is 11.8 Å². The molecule has 0 bridgehead atoms. The number of aliphatic hydroxyl groups excluding tert-OH is 1. The number of carbonyl (C=O) groups is 2. The highest BCUT2D eigenvalue weighted by Gasteiger charge is 2.57. The minimum atomic E-state index is -3.39. The van der Waals surface area contributed by atoms with Crippen LogP contribution < -0.4 is 10.8 Å². The van der Waals surface area contributed by atoms with Gasteiger partial charge in [0.1, 0.15) is 11.6 Å². The third kappa shape index (κ3) is 7.89. The van der Waals surface area contributed by atoms with Gasteiger partial charge in [0, 0.05) is 24.2 Å². The fourth-order valence-electron chi connectivity index (χ4n) is 2.96. The van der Waals surface area contributed by atoms with E-state index in [2.05, 4.69) is 30.3 Å². The molecule has 0 aromatic heterocycles. The topological polar surface area (TPSA) is 142 Å². The lowest BCUT2D eigenvalue weighted by atomic mass is 9.95. The zero-order valence-corrected chi connectivity index (χ0v) is 20.2. The summed E-state index contributed by atoms with van der Waals surface area (Å²) < 4.78 is 28.8. The monoisotopic (exact) mass is 566 g/mol. The molecular weight excluding hydrogens is 539 g/mol. The predicted molar refractivity (Wildman–Crippen MR) is 126 cm³/mol. The second-order valence-electron chi connectivity index (χ2n) is 6.27. The van der Waals surface area contributed by atoms with Crippen molar-refractivity contribution >= 4 is 45.6 Å². The quantitative estimate of drug-likeness (QED) is 0.125. The summed E-state index contributed by atoms with van der Waals surface area (Å²) in [6, 6.07) is 4.81. The number of halogens is 1. The van der Waals surface area contributed by atoms with E-state index in [0.717, 1.165) is 0 Å². The molecule has 0 aliphatic carbocycles. The Hall–Kier alpha value is -1.98. The first-order chi connectivity index (χ1) is 14.3. The number of hydrogen-bond donors (Lipinski definition) is 4. The lowest BCUT2D eigenvalue weighted by Gasteiger charge is -2.45. The number of hydroxylamine groups is 1. The molecule has 1 aliphatic heterocycles. The zero-order chi connectivity index (χ0) is 22.8. The van der Waals surface area contributed by atoms with Crippen LogP contribution >= 0.6 is 24.0 Å². The molecule has 1 saturated heterocycles. The molecule has 0 radical (unpaired) electrons. The molecule has 1 atom stereocenters. The Morgan fingerprint density at radius 3 is 2.29 bits per heavy atom. The zero-order valence-electron chi connectivity index (χ0n) is 17.1. The van der Waals surface area contributed by atoms with Crippen molar-refractivity contribution in [1.82, 2.24) is 10.8 Å². The number of sulfone groups is 1. The van der Waals surface area contributed by atoms with E-state index in [1.165, 1.54) is 17.6 Å². The van der Waals surface area contributed by atoms with E-state index in [9.17, 15) is 18.0 Å². The Kier molecular flexibility index (Phi) is 12.6. The molecule has 4 N–H and O–H groups in total. The van der Waals surface area contributed by atoms with Gasteiger partial charge in [-0.3, -0.25) is 14.8 Å². The molecule has 0 spiro atoms. The van der Waals surface area contributed by atoms with E-state index in [1.807, 2.05) is 0 Å². The number of benzene rings is 1. The van der Waals surface area contributed by atoms with Crippen molar-refractivity contribution in [2.24, 2.45) is 0 Å². The Labute approximate surface area is 199 Å². The van der Waals surface area contributed by atoms with E-state index >= 15 is 0 Å². The fraction of sp³-hybridized carbons (Fsp3) is 0.400. The van der Waals surface area contributed by atoms with Gasteiger partial charge in [0.25, 0.3) is 11.8 Å². The van der Waals surface area contributed by atoms with Gasteiger partial charge < -0.3 is 15.2 Å². The number of nitrogens with one attached hydrogen (secondary N) is 2. The summed E-state index contributed by atoms with van der Waals surface area (Å²) in [5, 5.41) is 20.2. The van der Waals surface area contributed by atoms with E-state index < -0.39 is 44.8 Å². The first-order valence-corrected chi connectivity index (χ1v) is 10.9. The molecule has 1 aromatic rings. The second-order valence-corrected chi connectivity index (χ2v) is 8.33. The molecular formula is C20H27IN2O7S. The maximum absolute atomic E-state index is 12.6. The molecule has 1 heterocycles.